The Morgan fingerprint density at radius 3 is 2.25 bits per heavy atom. The molecule has 200 valence electrons. The maximum atomic E-state index is 12.9. The summed E-state index contributed by atoms with van der Waals surface area (Å²) in [6, 6.07) is 20.5. The Bertz CT molecular complexity index is 1660. The molecule has 4 aromatic rings. The van der Waals surface area contributed by atoms with E-state index in [0.717, 1.165) is 48.2 Å². The number of thioether (sulfide) groups is 1. The van der Waals surface area contributed by atoms with Crippen molar-refractivity contribution in [1.29, 1.82) is 0 Å². The van der Waals surface area contributed by atoms with Gasteiger partial charge in [-0.1, -0.05) is 17.5 Å². The van der Waals surface area contributed by atoms with Crippen LogP contribution in [-0.4, -0.2) is 45.9 Å². The summed E-state index contributed by atoms with van der Waals surface area (Å²) < 4.78 is 1.80. The Balaban J connectivity index is 1.12. The predicted octanol–water partition coefficient (Wildman–Crippen LogP) is 5.23. The summed E-state index contributed by atoms with van der Waals surface area (Å²) in [5.41, 5.74) is 7.55. The van der Waals surface area contributed by atoms with Crippen LogP contribution in [0.3, 0.4) is 0 Å². The van der Waals surface area contributed by atoms with Gasteiger partial charge in [-0.2, -0.15) is 5.10 Å². The number of aliphatic hydroxyl groups excluding tert-OH is 1. The van der Waals surface area contributed by atoms with Crippen LogP contribution < -0.4 is 15.5 Å². The number of anilines is 2. The lowest BCUT2D eigenvalue weighted by molar-refractivity contribution is 0.0967. The Hall–Kier alpha value is -4.56. The van der Waals surface area contributed by atoms with Gasteiger partial charge in [-0.15, -0.1) is 0 Å². The monoisotopic (exact) mass is 549 g/mol. The van der Waals surface area contributed by atoms with Crippen LogP contribution in [0.15, 0.2) is 101 Å². The van der Waals surface area contributed by atoms with Crippen molar-refractivity contribution in [2.24, 2.45) is 0 Å². The van der Waals surface area contributed by atoms with E-state index in [1.807, 2.05) is 66.1 Å². The van der Waals surface area contributed by atoms with Gasteiger partial charge in [0, 0.05) is 41.0 Å². The largest absolute Gasteiger partial charge is 0.393 e. The molecule has 0 radical (unpaired) electrons. The molecular weight excluding hydrogens is 522 g/mol. The van der Waals surface area contributed by atoms with Gasteiger partial charge >= 0.3 is 0 Å². The first-order valence-corrected chi connectivity index (χ1v) is 13.9. The number of fused-ring (bicyclic) bond motifs is 1. The summed E-state index contributed by atoms with van der Waals surface area (Å²) in [5.74, 6) is -0.382. The van der Waals surface area contributed by atoms with E-state index < -0.39 is 0 Å². The number of amides is 2. The van der Waals surface area contributed by atoms with Gasteiger partial charge in [-0.3, -0.25) is 9.59 Å². The summed E-state index contributed by atoms with van der Waals surface area (Å²) >= 11 is 1.41. The number of carbonyl (C=O) groups is 2. The molecule has 0 saturated carbocycles. The molecule has 3 heterocycles. The van der Waals surface area contributed by atoms with Crippen LogP contribution in [0.1, 0.15) is 33.6 Å². The van der Waals surface area contributed by atoms with E-state index in [-0.39, 0.29) is 17.9 Å². The normalized spacial score (nSPS) is 15.2. The molecule has 9 heteroatoms. The number of carbonyl (C=O) groups excluding carboxylic acids is 2. The number of piperidine rings is 1. The SMILES string of the molecule is O=C(NC1=C=CC=CS1)c1ccc(-n2ncc3cc(NC(=O)c4ccc(N5CCC(O)CC5)cc4)ccc32)cc1. The molecule has 3 aromatic carbocycles. The molecule has 3 N–H and O–H groups in total. The summed E-state index contributed by atoms with van der Waals surface area (Å²) in [6.45, 7) is 1.63. The van der Waals surface area contributed by atoms with Crippen LogP contribution in [0.4, 0.5) is 11.4 Å². The van der Waals surface area contributed by atoms with E-state index in [2.05, 4.69) is 26.4 Å². The minimum absolute atomic E-state index is 0.185. The number of nitrogens with one attached hydrogen (secondary N) is 2. The smallest absolute Gasteiger partial charge is 0.256 e. The Morgan fingerprint density at radius 1 is 0.900 bits per heavy atom. The Morgan fingerprint density at radius 2 is 1.57 bits per heavy atom. The van der Waals surface area contributed by atoms with Gasteiger partial charge in [-0.25, -0.2) is 4.68 Å². The van der Waals surface area contributed by atoms with Crippen LogP contribution in [0.2, 0.25) is 0 Å². The van der Waals surface area contributed by atoms with Crippen molar-refractivity contribution >= 4 is 45.9 Å². The fraction of sp³-hybridized carbons (Fsp3) is 0.161. The standard InChI is InChI=1S/C31H27N5O3S/c37-27-14-16-35(17-15-27)25-9-4-21(5-10-25)30(38)33-24-8-13-28-23(19-24)20-32-36(28)26-11-6-22(7-12-26)31(39)34-29-3-1-2-18-40-29/h1-2,4-13,18-20,27,37H,14-17H2,(H,33,38)(H,34,39). The first-order valence-electron chi connectivity index (χ1n) is 13.1. The van der Waals surface area contributed by atoms with Crippen LogP contribution in [0.25, 0.3) is 16.6 Å². The third-order valence-corrected chi connectivity index (χ3v) is 7.71. The number of aliphatic hydroxyl groups is 1. The molecule has 1 saturated heterocycles. The Kier molecular flexibility index (Phi) is 7.25. The zero-order valence-electron chi connectivity index (χ0n) is 21.6. The van der Waals surface area contributed by atoms with Gasteiger partial charge in [0.05, 0.1) is 23.5 Å². The van der Waals surface area contributed by atoms with Crippen molar-refractivity contribution in [2.45, 2.75) is 18.9 Å². The number of benzene rings is 3. The number of hydrogen-bond donors (Lipinski definition) is 3. The fourth-order valence-corrected chi connectivity index (χ4v) is 5.35. The third-order valence-electron chi connectivity index (χ3n) is 6.96. The fourth-order valence-electron chi connectivity index (χ4n) is 4.77. The zero-order valence-corrected chi connectivity index (χ0v) is 22.4. The molecule has 2 aliphatic heterocycles. The van der Waals surface area contributed by atoms with Gasteiger partial charge < -0.3 is 20.6 Å². The second-order valence-electron chi connectivity index (χ2n) is 9.64. The van der Waals surface area contributed by atoms with Gasteiger partial charge in [-0.05, 0) is 97.1 Å². The lowest BCUT2D eigenvalue weighted by atomic mass is 10.1. The molecule has 0 aliphatic carbocycles. The highest BCUT2D eigenvalue weighted by atomic mass is 32.2. The van der Waals surface area contributed by atoms with Crippen molar-refractivity contribution in [2.75, 3.05) is 23.3 Å². The third kappa shape index (κ3) is 5.58. The number of hydrogen-bond acceptors (Lipinski definition) is 6. The second-order valence-corrected chi connectivity index (χ2v) is 10.6. The van der Waals surface area contributed by atoms with E-state index in [0.29, 0.717) is 21.8 Å². The highest BCUT2D eigenvalue weighted by Gasteiger charge is 2.18. The minimum atomic E-state index is -0.219. The van der Waals surface area contributed by atoms with Crippen LogP contribution in [0.5, 0.6) is 0 Å². The molecular formula is C31H27N5O3S. The number of aromatic nitrogens is 2. The van der Waals surface area contributed by atoms with E-state index in [1.165, 1.54) is 11.8 Å². The molecule has 1 aromatic heterocycles. The average molecular weight is 550 g/mol. The first kappa shape index (κ1) is 25.7. The summed E-state index contributed by atoms with van der Waals surface area (Å²) in [4.78, 5) is 27.7. The molecule has 0 spiro atoms. The maximum absolute atomic E-state index is 12.9. The summed E-state index contributed by atoms with van der Waals surface area (Å²) in [5, 5.41) is 23.5. The number of rotatable bonds is 6. The molecule has 1 fully saturated rings. The summed E-state index contributed by atoms with van der Waals surface area (Å²) in [6.07, 6.45) is 6.68. The minimum Gasteiger partial charge on any atom is -0.393 e. The molecule has 6 rings (SSSR count). The average Bonchev–Trinajstić information content (AvgIpc) is 3.41. The molecule has 2 amide bonds. The second kappa shape index (κ2) is 11.3. The first-order chi connectivity index (χ1) is 19.5. The van der Waals surface area contributed by atoms with E-state index in [9.17, 15) is 14.7 Å². The zero-order chi connectivity index (χ0) is 27.5. The molecule has 0 atom stereocenters. The van der Waals surface area contributed by atoms with Gasteiger partial charge in [0.1, 0.15) is 5.03 Å². The molecule has 40 heavy (non-hydrogen) atoms. The number of allylic oxidation sites excluding steroid dienone is 2. The molecule has 0 unspecified atom stereocenters. The highest BCUT2D eigenvalue weighted by molar-refractivity contribution is 8.05. The van der Waals surface area contributed by atoms with Crippen molar-refractivity contribution in [1.82, 2.24) is 15.1 Å². The van der Waals surface area contributed by atoms with Gasteiger partial charge in [0.15, 0.2) is 0 Å². The summed E-state index contributed by atoms with van der Waals surface area (Å²) in [7, 11) is 0. The predicted molar refractivity (Wildman–Crippen MR) is 159 cm³/mol. The van der Waals surface area contributed by atoms with Gasteiger partial charge in [0.25, 0.3) is 11.8 Å². The van der Waals surface area contributed by atoms with E-state index in [1.54, 1.807) is 29.1 Å². The molecule has 0 bridgehead atoms. The molecule has 2 aliphatic rings. The van der Waals surface area contributed by atoms with Gasteiger partial charge in [0.2, 0.25) is 0 Å². The van der Waals surface area contributed by atoms with Crippen LogP contribution in [0, 0.1) is 0 Å². The van der Waals surface area contributed by atoms with Crippen molar-refractivity contribution < 1.29 is 14.7 Å². The van der Waals surface area contributed by atoms with Crippen LogP contribution >= 0.6 is 11.8 Å². The quantitative estimate of drug-likeness (QED) is 0.285. The topological polar surface area (TPSA) is 99.5 Å². The van der Waals surface area contributed by atoms with E-state index in [4.69, 9.17) is 0 Å². The van der Waals surface area contributed by atoms with Crippen molar-refractivity contribution in [3.63, 3.8) is 0 Å². The number of nitrogens with zero attached hydrogens (tertiary/aromatic N) is 3. The lowest BCUT2D eigenvalue weighted by Gasteiger charge is -2.31. The van der Waals surface area contributed by atoms with Crippen molar-refractivity contribution in [3.8, 4) is 5.69 Å². The van der Waals surface area contributed by atoms with E-state index >= 15 is 0 Å². The van der Waals surface area contributed by atoms with Crippen LogP contribution in [-0.2, 0) is 0 Å². The van der Waals surface area contributed by atoms with Crippen molar-refractivity contribution in [3.05, 3.63) is 112 Å². The lowest BCUT2D eigenvalue weighted by Crippen LogP contribution is -2.35. The Labute approximate surface area is 235 Å². The highest BCUT2D eigenvalue weighted by Crippen LogP contribution is 2.24. The maximum Gasteiger partial charge on any atom is 0.256 e. The molecule has 8 nitrogen and oxygen atoms in total.